The van der Waals surface area contributed by atoms with Crippen molar-refractivity contribution in [2.75, 3.05) is 12.1 Å². The van der Waals surface area contributed by atoms with Crippen LogP contribution in [0.4, 0.5) is 5.69 Å². The summed E-state index contributed by atoms with van der Waals surface area (Å²) >= 11 is 0. The monoisotopic (exact) mass is 423 g/mol. The van der Waals surface area contributed by atoms with Gasteiger partial charge in [0, 0.05) is 18.3 Å². The van der Waals surface area contributed by atoms with Gasteiger partial charge in [-0.15, -0.1) is 0 Å². The summed E-state index contributed by atoms with van der Waals surface area (Å²) in [5.41, 5.74) is 2.05. The molecule has 1 atom stereocenters. The predicted octanol–water partition coefficient (Wildman–Crippen LogP) is 2.64. The minimum absolute atomic E-state index is 0.134. The molecular weight excluding hydrogens is 402 g/mol. The third kappa shape index (κ3) is 3.94. The number of fused-ring (bicyclic) bond motifs is 2. The second kappa shape index (κ2) is 8.10. The van der Waals surface area contributed by atoms with Gasteiger partial charge in [0.1, 0.15) is 5.69 Å². The van der Waals surface area contributed by atoms with E-state index in [1.807, 2.05) is 6.92 Å². The van der Waals surface area contributed by atoms with Crippen LogP contribution in [0, 0.1) is 6.92 Å². The molecule has 1 unspecified atom stereocenters. The molecule has 0 saturated heterocycles. The number of hydrogen-bond donors (Lipinski definition) is 1. The van der Waals surface area contributed by atoms with Gasteiger partial charge in [-0.1, -0.05) is 0 Å². The number of ether oxygens (including phenoxy) is 3. The first kappa shape index (κ1) is 20.4. The van der Waals surface area contributed by atoms with Crippen molar-refractivity contribution in [2.45, 2.75) is 33.4 Å². The van der Waals surface area contributed by atoms with Gasteiger partial charge in [-0.3, -0.25) is 9.59 Å². The summed E-state index contributed by atoms with van der Waals surface area (Å²) in [6, 6.07) is 9.76. The smallest absolute Gasteiger partial charge is 0.338 e. The molecule has 3 aromatic rings. The number of nitrogens with zero attached hydrogens (tertiary/aromatic N) is 2. The Labute approximate surface area is 177 Å². The third-order valence-corrected chi connectivity index (χ3v) is 4.95. The van der Waals surface area contributed by atoms with Gasteiger partial charge in [-0.05, 0) is 51.1 Å². The highest BCUT2D eigenvalue weighted by Crippen LogP contribution is 2.34. The Hall–Kier alpha value is -3.88. The standard InChI is InChI=1S/C22H21N3O6/c1-4-25-17-7-5-14(9-16(17)23-12(2)21(25)27)22(28)31-13(3)20(26)24-15-6-8-18-19(10-15)30-11-29-18/h5-10,13H,4,11H2,1-3H3,(H,24,26). The molecule has 0 saturated carbocycles. The van der Waals surface area contributed by atoms with Gasteiger partial charge in [-0.25, -0.2) is 9.78 Å². The zero-order chi connectivity index (χ0) is 22.1. The average molecular weight is 423 g/mol. The van der Waals surface area contributed by atoms with Crippen molar-refractivity contribution >= 4 is 28.6 Å². The number of amides is 1. The molecule has 0 fully saturated rings. The topological polar surface area (TPSA) is 109 Å². The average Bonchev–Trinajstić information content (AvgIpc) is 3.22. The zero-order valence-corrected chi connectivity index (χ0v) is 17.3. The summed E-state index contributed by atoms with van der Waals surface area (Å²) in [6.07, 6.45) is -1.03. The molecule has 0 spiro atoms. The van der Waals surface area contributed by atoms with Gasteiger partial charge in [-0.2, -0.15) is 0 Å². The van der Waals surface area contributed by atoms with Crippen molar-refractivity contribution in [3.05, 3.63) is 58.0 Å². The van der Waals surface area contributed by atoms with Crippen LogP contribution in [0.5, 0.6) is 11.5 Å². The van der Waals surface area contributed by atoms with Crippen LogP contribution in [0.1, 0.15) is 29.9 Å². The van der Waals surface area contributed by atoms with E-state index in [1.54, 1.807) is 47.9 Å². The largest absolute Gasteiger partial charge is 0.454 e. The quantitative estimate of drug-likeness (QED) is 0.629. The second-order valence-electron chi connectivity index (χ2n) is 7.05. The normalized spacial score (nSPS) is 13.1. The van der Waals surface area contributed by atoms with E-state index in [0.29, 0.717) is 40.5 Å². The number of hydrogen-bond acceptors (Lipinski definition) is 7. The fourth-order valence-electron chi connectivity index (χ4n) is 3.32. The fraction of sp³-hybridized carbons (Fsp3) is 0.273. The Kier molecular flexibility index (Phi) is 5.33. The van der Waals surface area contributed by atoms with E-state index in [2.05, 4.69) is 10.3 Å². The Morgan fingerprint density at radius 1 is 1.19 bits per heavy atom. The highest BCUT2D eigenvalue weighted by atomic mass is 16.7. The van der Waals surface area contributed by atoms with E-state index < -0.39 is 18.0 Å². The first-order valence-electron chi connectivity index (χ1n) is 9.80. The first-order valence-corrected chi connectivity index (χ1v) is 9.80. The molecule has 0 radical (unpaired) electrons. The van der Waals surface area contributed by atoms with Crippen molar-refractivity contribution in [3.63, 3.8) is 0 Å². The molecular formula is C22H21N3O6. The third-order valence-electron chi connectivity index (χ3n) is 4.95. The molecule has 1 aromatic heterocycles. The molecule has 1 aliphatic heterocycles. The van der Waals surface area contributed by atoms with Crippen molar-refractivity contribution in [1.29, 1.82) is 0 Å². The van der Waals surface area contributed by atoms with E-state index in [-0.39, 0.29) is 17.9 Å². The lowest BCUT2D eigenvalue weighted by molar-refractivity contribution is -0.123. The number of aryl methyl sites for hydroxylation is 2. The SMILES string of the molecule is CCn1c(=O)c(C)nc2cc(C(=O)OC(C)C(=O)Nc3ccc4c(c3)OCO4)ccc21. The fourth-order valence-corrected chi connectivity index (χ4v) is 3.32. The first-order chi connectivity index (χ1) is 14.9. The van der Waals surface area contributed by atoms with Gasteiger partial charge in [0.25, 0.3) is 11.5 Å². The molecule has 2 heterocycles. The Balaban J connectivity index is 1.48. The van der Waals surface area contributed by atoms with Crippen LogP contribution in [0.15, 0.2) is 41.2 Å². The molecule has 4 rings (SSSR count). The summed E-state index contributed by atoms with van der Waals surface area (Å²) in [5, 5.41) is 2.68. The number of benzene rings is 2. The summed E-state index contributed by atoms with van der Waals surface area (Å²) in [4.78, 5) is 41.5. The number of aromatic nitrogens is 2. The van der Waals surface area contributed by atoms with E-state index >= 15 is 0 Å². The van der Waals surface area contributed by atoms with Crippen LogP contribution >= 0.6 is 0 Å². The van der Waals surface area contributed by atoms with Crippen LogP contribution in [0.3, 0.4) is 0 Å². The van der Waals surface area contributed by atoms with Crippen molar-refractivity contribution in [3.8, 4) is 11.5 Å². The van der Waals surface area contributed by atoms with Gasteiger partial charge in [0.2, 0.25) is 6.79 Å². The molecule has 9 nitrogen and oxygen atoms in total. The Morgan fingerprint density at radius 2 is 1.97 bits per heavy atom. The van der Waals surface area contributed by atoms with Gasteiger partial charge >= 0.3 is 5.97 Å². The Morgan fingerprint density at radius 3 is 2.74 bits per heavy atom. The number of rotatable bonds is 5. The summed E-state index contributed by atoms with van der Waals surface area (Å²) in [7, 11) is 0. The molecule has 9 heteroatoms. The van der Waals surface area contributed by atoms with Crippen LogP contribution < -0.4 is 20.3 Å². The molecule has 1 N–H and O–H groups in total. The van der Waals surface area contributed by atoms with E-state index in [1.165, 1.54) is 6.92 Å². The lowest BCUT2D eigenvalue weighted by atomic mass is 10.2. The summed E-state index contributed by atoms with van der Waals surface area (Å²) < 4.78 is 17.4. The van der Waals surface area contributed by atoms with Crippen molar-refractivity contribution < 1.29 is 23.8 Å². The number of esters is 1. The molecule has 1 amide bonds. The predicted molar refractivity (Wildman–Crippen MR) is 112 cm³/mol. The lowest BCUT2D eigenvalue weighted by Crippen LogP contribution is -2.30. The van der Waals surface area contributed by atoms with E-state index in [4.69, 9.17) is 14.2 Å². The maximum atomic E-state index is 12.6. The molecule has 0 aliphatic carbocycles. The molecule has 160 valence electrons. The van der Waals surface area contributed by atoms with Crippen LogP contribution in [0.2, 0.25) is 0 Å². The minimum Gasteiger partial charge on any atom is -0.454 e. The van der Waals surface area contributed by atoms with Crippen LogP contribution in [-0.2, 0) is 16.1 Å². The molecule has 31 heavy (non-hydrogen) atoms. The highest BCUT2D eigenvalue weighted by molar-refractivity contribution is 5.98. The van der Waals surface area contributed by atoms with E-state index in [0.717, 1.165) is 0 Å². The van der Waals surface area contributed by atoms with Crippen LogP contribution in [-0.4, -0.2) is 34.3 Å². The molecule has 2 aromatic carbocycles. The van der Waals surface area contributed by atoms with Gasteiger partial charge < -0.3 is 24.1 Å². The van der Waals surface area contributed by atoms with E-state index in [9.17, 15) is 14.4 Å². The minimum atomic E-state index is -1.03. The number of nitrogens with one attached hydrogen (secondary N) is 1. The zero-order valence-electron chi connectivity index (χ0n) is 17.3. The number of carbonyl (C=O) groups is 2. The van der Waals surface area contributed by atoms with Crippen molar-refractivity contribution in [1.82, 2.24) is 9.55 Å². The summed E-state index contributed by atoms with van der Waals surface area (Å²) in [6.45, 7) is 5.59. The second-order valence-corrected chi connectivity index (χ2v) is 7.05. The van der Waals surface area contributed by atoms with Gasteiger partial charge in [0.05, 0.1) is 16.6 Å². The number of anilines is 1. The molecule has 0 bridgehead atoms. The highest BCUT2D eigenvalue weighted by Gasteiger charge is 2.21. The van der Waals surface area contributed by atoms with Gasteiger partial charge in [0.15, 0.2) is 17.6 Å². The maximum absolute atomic E-state index is 12.6. The lowest BCUT2D eigenvalue weighted by Gasteiger charge is -2.14. The maximum Gasteiger partial charge on any atom is 0.338 e. The summed E-state index contributed by atoms with van der Waals surface area (Å²) in [5.74, 6) is -0.0104. The number of carbonyl (C=O) groups excluding carboxylic acids is 2. The van der Waals surface area contributed by atoms with Crippen molar-refractivity contribution in [2.24, 2.45) is 0 Å². The van der Waals surface area contributed by atoms with Crippen LogP contribution in [0.25, 0.3) is 11.0 Å². The Bertz CT molecular complexity index is 1250. The molecule has 1 aliphatic rings.